The molecule has 0 spiro atoms. The van der Waals surface area contributed by atoms with Crippen LogP contribution < -0.4 is 0 Å². The Bertz CT molecular complexity index is 1040. The fraction of sp³-hybridized carbons (Fsp3) is 0.481. The summed E-state index contributed by atoms with van der Waals surface area (Å²) in [6.45, 7) is 19.6. The molecule has 2 rings (SSSR count). The van der Waals surface area contributed by atoms with Gasteiger partial charge in [0, 0.05) is 17.3 Å². The molecule has 2 aromatic rings. The van der Waals surface area contributed by atoms with Gasteiger partial charge in [0.2, 0.25) is 18.2 Å². The molecule has 0 radical (unpaired) electrons. The molecule has 1 atom stereocenters. The molecule has 0 amide bonds. The average Bonchev–Trinajstić information content (AvgIpc) is 2.58. The van der Waals surface area contributed by atoms with Gasteiger partial charge < -0.3 is 4.57 Å². The minimum absolute atomic E-state index is 0.0424. The topological polar surface area (TPSA) is 51.2 Å². The fourth-order valence-corrected chi connectivity index (χ4v) is 7.36. The van der Waals surface area contributed by atoms with Crippen molar-refractivity contribution < 1.29 is 14.2 Å². The Morgan fingerprint density at radius 3 is 1.45 bits per heavy atom. The molecular weight excluding hydrogens is 403 g/mol. The van der Waals surface area contributed by atoms with Crippen molar-refractivity contribution in [2.75, 3.05) is 6.16 Å². The molecule has 3 nitrogen and oxygen atoms in total. The molecule has 0 saturated heterocycles. The van der Waals surface area contributed by atoms with Crippen LogP contribution in [0.1, 0.15) is 88.7 Å². The number of hydrogen-bond acceptors (Lipinski definition) is 3. The first kappa shape index (κ1) is 25.3. The third-order valence-corrected chi connectivity index (χ3v) is 8.79. The maximum atomic E-state index is 14.3. The summed E-state index contributed by atoms with van der Waals surface area (Å²) in [6.07, 6.45) is 0.0807. The molecule has 0 aliphatic rings. The van der Waals surface area contributed by atoms with Crippen molar-refractivity contribution in [3.05, 3.63) is 68.8 Å². The van der Waals surface area contributed by atoms with E-state index in [0.29, 0.717) is 11.1 Å². The summed E-state index contributed by atoms with van der Waals surface area (Å²) in [7, 11) is -3.86. The van der Waals surface area contributed by atoms with E-state index in [0.717, 1.165) is 33.4 Å². The van der Waals surface area contributed by atoms with Gasteiger partial charge in [0.15, 0.2) is 0 Å². The zero-order valence-electron chi connectivity index (χ0n) is 20.8. The van der Waals surface area contributed by atoms with Crippen molar-refractivity contribution in [1.29, 1.82) is 0 Å². The molecule has 0 saturated carbocycles. The van der Waals surface area contributed by atoms with Gasteiger partial charge in [0.25, 0.3) is 0 Å². The maximum Gasteiger partial charge on any atom is 0.229 e. The highest BCUT2D eigenvalue weighted by Crippen LogP contribution is 2.55. The van der Waals surface area contributed by atoms with E-state index in [1.165, 1.54) is 0 Å². The first-order valence-corrected chi connectivity index (χ1v) is 12.9. The second-order valence-corrected chi connectivity index (χ2v) is 13.1. The Morgan fingerprint density at radius 1 is 0.774 bits per heavy atom. The predicted octanol–water partition coefficient (Wildman–Crippen LogP) is 7.53. The Balaban J connectivity index is 2.71. The highest BCUT2D eigenvalue weighted by molar-refractivity contribution is 7.95. The molecule has 0 aliphatic heterocycles. The maximum absolute atomic E-state index is 14.3. The van der Waals surface area contributed by atoms with Crippen molar-refractivity contribution in [2.45, 2.75) is 74.7 Å². The number of carbonyl (C=O) groups is 2. The Morgan fingerprint density at radius 2 is 1.13 bits per heavy atom. The van der Waals surface area contributed by atoms with Gasteiger partial charge >= 0.3 is 0 Å². The van der Waals surface area contributed by atoms with E-state index >= 15 is 0 Å². The largest absolute Gasteiger partial charge is 0.307 e. The van der Waals surface area contributed by atoms with Crippen LogP contribution in [-0.2, 0) is 9.98 Å². The van der Waals surface area contributed by atoms with Gasteiger partial charge in [-0.2, -0.15) is 0 Å². The van der Waals surface area contributed by atoms with Crippen molar-refractivity contribution >= 4 is 18.2 Å². The van der Waals surface area contributed by atoms with Gasteiger partial charge in [0.05, 0.1) is 0 Å². The lowest BCUT2D eigenvalue weighted by Crippen LogP contribution is -2.20. The predicted molar refractivity (Wildman–Crippen MR) is 131 cm³/mol. The number of aryl methyl sites for hydroxylation is 5. The summed E-state index contributed by atoms with van der Waals surface area (Å²) in [4.78, 5) is 27.6. The number of hydrogen-bond donors (Lipinski definition) is 0. The molecule has 0 N–H and O–H groups in total. The minimum atomic E-state index is -3.86. The van der Waals surface area contributed by atoms with E-state index in [1.807, 2.05) is 72.7 Å². The molecule has 0 bridgehead atoms. The summed E-state index contributed by atoms with van der Waals surface area (Å²) in [5.41, 5.74) is 5.08. The SMILES string of the molecule is Cc1cc(C)c(C(=O)P(=O)(CC(C)C)C(=O)c2c(C)cc(C(C)(C)C)cc2C)c(C)c1. The quantitative estimate of drug-likeness (QED) is 0.436. The smallest absolute Gasteiger partial charge is 0.229 e. The molecule has 0 aromatic heterocycles. The van der Waals surface area contributed by atoms with E-state index in [2.05, 4.69) is 20.8 Å². The van der Waals surface area contributed by atoms with Crippen LogP contribution in [0.4, 0.5) is 0 Å². The van der Waals surface area contributed by atoms with E-state index in [-0.39, 0.29) is 17.5 Å². The second kappa shape index (κ2) is 8.87. The zero-order valence-corrected chi connectivity index (χ0v) is 21.7. The van der Waals surface area contributed by atoms with Crippen LogP contribution in [0.25, 0.3) is 0 Å². The van der Waals surface area contributed by atoms with Crippen LogP contribution >= 0.6 is 7.14 Å². The molecule has 1 unspecified atom stereocenters. The summed E-state index contributed by atoms with van der Waals surface area (Å²) >= 11 is 0. The first-order chi connectivity index (χ1) is 14.1. The van der Waals surface area contributed by atoms with Crippen LogP contribution in [-0.4, -0.2) is 17.2 Å². The van der Waals surface area contributed by atoms with Crippen molar-refractivity contribution in [2.24, 2.45) is 5.92 Å². The zero-order chi connectivity index (χ0) is 23.9. The van der Waals surface area contributed by atoms with Crippen LogP contribution in [0, 0.1) is 40.5 Å². The fourth-order valence-electron chi connectivity index (χ4n) is 4.38. The summed E-state index contributed by atoms with van der Waals surface area (Å²) < 4.78 is 14.3. The highest BCUT2D eigenvalue weighted by Gasteiger charge is 2.43. The number of carbonyl (C=O) groups excluding carboxylic acids is 2. The van der Waals surface area contributed by atoms with Crippen LogP contribution in [0.2, 0.25) is 0 Å². The van der Waals surface area contributed by atoms with Gasteiger partial charge in [-0.3, -0.25) is 9.59 Å². The van der Waals surface area contributed by atoms with Crippen LogP contribution in [0.5, 0.6) is 0 Å². The molecule has 0 aliphatic carbocycles. The highest BCUT2D eigenvalue weighted by atomic mass is 31.2. The average molecular weight is 441 g/mol. The van der Waals surface area contributed by atoms with Crippen molar-refractivity contribution in [1.82, 2.24) is 0 Å². The molecular formula is C27H37O3P. The molecule has 0 heterocycles. The summed E-state index contributed by atoms with van der Waals surface area (Å²) in [5.74, 6) is -0.0424. The Labute approximate surface area is 188 Å². The lowest BCUT2D eigenvalue weighted by Gasteiger charge is -2.25. The minimum Gasteiger partial charge on any atom is -0.307 e. The molecule has 0 fully saturated rings. The lowest BCUT2D eigenvalue weighted by atomic mass is 9.84. The molecule has 2 aromatic carbocycles. The first-order valence-electron chi connectivity index (χ1n) is 11.0. The van der Waals surface area contributed by atoms with Crippen LogP contribution in [0.3, 0.4) is 0 Å². The van der Waals surface area contributed by atoms with Gasteiger partial charge in [-0.05, 0) is 73.8 Å². The van der Waals surface area contributed by atoms with Gasteiger partial charge in [-0.25, -0.2) is 0 Å². The molecule has 31 heavy (non-hydrogen) atoms. The second-order valence-electron chi connectivity index (χ2n) is 10.4. The van der Waals surface area contributed by atoms with E-state index < -0.39 is 18.2 Å². The molecule has 168 valence electrons. The van der Waals surface area contributed by atoms with Gasteiger partial charge in [-0.15, -0.1) is 0 Å². The Kier molecular flexibility index (Phi) is 7.23. The van der Waals surface area contributed by atoms with Crippen LogP contribution in [0.15, 0.2) is 24.3 Å². The third kappa shape index (κ3) is 5.09. The molecule has 4 heteroatoms. The monoisotopic (exact) mass is 440 g/mol. The number of benzene rings is 2. The van der Waals surface area contributed by atoms with Crippen molar-refractivity contribution in [3.8, 4) is 0 Å². The van der Waals surface area contributed by atoms with Gasteiger partial charge in [0.1, 0.15) is 0 Å². The van der Waals surface area contributed by atoms with E-state index in [1.54, 1.807) is 0 Å². The van der Waals surface area contributed by atoms with Gasteiger partial charge in [-0.1, -0.05) is 64.4 Å². The van der Waals surface area contributed by atoms with Crippen molar-refractivity contribution in [3.63, 3.8) is 0 Å². The normalized spacial score (nSPS) is 13.9. The van der Waals surface area contributed by atoms with E-state index in [9.17, 15) is 14.2 Å². The standard InChI is InChI=1S/C27H37O3P/c1-16(2)15-31(30,25(28)23-18(4)11-17(3)12-19(23)5)26(29)24-20(6)13-22(14-21(24)7)27(8,9)10/h11-14,16H,15H2,1-10H3. The van der Waals surface area contributed by atoms with E-state index in [4.69, 9.17) is 0 Å². The lowest BCUT2D eigenvalue weighted by molar-refractivity contribution is 0.103. The Hall–Kier alpha value is -1.99. The third-order valence-electron chi connectivity index (χ3n) is 5.78. The summed E-state index contributed by atoms with van der Waals surface area (Å²) in [5, 5.41) is 0. The summed E-state index contributed by atoms with van der Waals surface area (Å²) in [6, 6.07) is 7.82. The number of rotatable bonds is 6.